The van der Waals surface area contributed by atoms with Crippen molar-refractivity contribution < 1.29 is 14.3 Å². The SMILES string of the molecule is CN1C(=O)C2C(N=C3N(c4ccc(Oc5ccccc5)cc4)CCN32)N(C)C1=O. The second-order valence-electron chi connectivity index (χ2n) is 7.33. The van der Waals surface area contributed by atoms with Crippen LogP contribution in [0.5, 0.6) is 11.5 Å². The molecule has 0 spiro atoms. The molecule has 8 nitrogen and oxygen atoms in total. The molecule has 3 amide bonds. The van der Waals surface area contributed by atoms with E-state index in [2.05, 4.69) is 4.90 Å². The van der Waals surface area contributed by atoms with Gasteiger partial charge in [-0.2, -0.15) is 0 Å². The van der Waals surface area contributed by atoms with Crippen LogP contribution in [0.25, 0.3) is 0 Å². The molecule has 0 aliphatic carbocycles. The summed E-state index contributed by atoms with van der Waals surface area (Å²) in [6.45, 7) is 1.42. The summed E-state index contributed by atoms with van der Waals surface area (Å²) in [5.41, 5.74) is 0.972. The van der Waals surface area contributed by atoms with Crippen molar-refractivity contribution in [2.75, 3.05) is 32.1 Å². The number of likely N-dealkylation sites (N-methyl/N-ethyl adjacent to an activating group) is 2. The lowest BCUT2D eigenvalue weighted by molar-refractivity contribution is -0.135. The third-order valence-electron chi connectivity index (χ3n) is 5.63. The Kier molecular flexibility index (Phi) is 3.94. The molecular formula is C21H21N5O3. The van der Waals surface area contributed by atoms with Crippen LogP contribution in [0.3, 0.4) is 0 Å². The number of nitrogens with zero attached hydrogens (tertiary/aromatic N) is 5. The van der Waals surface area contributed by atoms with E-state index in [-0.39, 0.29) is 11.9 Å². The van der Waals surface area contributed by atoms with E-state index >= 15 is 0 Å². The third kappa shape index (κ3) is 2.71. The molecule has 8 heteroatoms. The van der Waals surface area contributed by atoms with Crippen LogP contribution in [-0.4, -0.2) is 72.0 Å². The average Bonchev–Trinajstić information content (AvgIpc) is 3.32. The topological polar surface area (TPSA) is 68.7 Å². The van der Waals surface area contributed by atoms with E-state index in [1.807, 2.05) is 59.5 Å². The molecule has 0 N–H and O–H groups in total. The zero-order valence-corrected chi connectivity index (χ0v) is 16.2. The number of rotatable bonds is 3. The lowest BCUT2D eigenvalue weighted by atomic mass is 10.1. The maximum Gasteiger partial charge on any atom is 0.328 e. The Bertz CT molecular complexity index is 991. The molecule has 29 heavy (non-hydrogen) atoms. The van der Waals surface area contributed by atoms with Gasteiger partial charge in [-0.15, -0.1) is 0 Å². The van der Waals surface area contributed by atoms with Crippen molar-refractivity contribution in [3.8, 4) is 11.5 Å². The van der Waals surface area contributed by atoms with Crippen molar-refractivity contribution in [3.05, 3.63) is 54.6 Å². The molecule has 3 aliphatic heterocycles. The number of carbonyl (C=O) groups excluding carboxylic acids is 2. The molecule has 148 valence electrons. The quantitative estimate of drug-likeness (QED) is 0.802. The summed E-state index contributed by atoms with van der Waals surface area (Å²) in [6.07, 6.45) is -0.482. The first-order valence-electron chi connectivity index (χ1n) is 9.54. The van der Waals surface area contributed by atoms with Crippen LogP contribution in [-0.2, 0) is 4.79 Å². The van der Waals surface area contributed by atoms with E-state index in [0.717, 1.165) is 29.7 Å². The summed E-state index contributed by atoms with van der Waals surface area (Å²) in [6, 6.07) is 16.7. The van der Waals surface area contributed by atoms with Gasteiger partial charge in [0.15, 0.2) is 12.2 Å². The van der Waals surface area contributed by atoms with E-state index in [4.69, 9.17) is 9.73 Å². The molecule has 2 fully saturated rings. The Morgan fingerprint density at radius 3 is 2.34 bits per heavy atom. The van der Waals surface area contributed by atoms with Crippen LogP contribution in [0.15, 0.2) is 59.6 Å². The Labute approximate surface area is 168 Å². The Balaban J connectivity index is 1.38. The van der Waals surface area contributed by atoms with E-state index < -0.39 is 12.2 Å². The van der Waals surface area contributed by atoms with Crippen molar-refractivity contribution in [1.82, 2.24) is 14.7 Å². The number of guanidine groups is 1. The van der Waals surface area contributed by atoms with Crippen LogP contribution >= 0.6 is 0 Å². The molecule has 2 aromatic rings. The van der Waals surface area contributed by atoms with Gasteiger partial charge in [0.1, 0.15) is 11.5 Å². The highest BCUT2D eigenvalue weighted by molar-refractivity contribution is 6.07. The van der Waals surface area contributed by atoms with Crippen LogP contribution in [0.1, 0.15) is 0 Å². The molecule has 2 saturated heterocycles. The normalized spacial score (nSPS) is 23.3. The van der Waals surface area contributed by atoms with Gasteiger partial charge in [0, 0.05) is 32.9 Å². The van der Waals surface area contributed by atoms with E-state index in [9.17, 15) is 9.59 Å². The van der Waals surface area contributed by atoms with Crippen LogP contribution in [0, 0.1) is 0 Å². The van der Waals surface area contributed by atoms with Gasteiger partial charge in [0.25, 0.3) is 5.91 Å². The fraction of sp³-hybridized carbons (Fsp3) is 0.286. The molecule has 0 bridgehead atoms. The molecular weight excluding hydrogens is 370 g/mol. The molecule has 0 aromatic heterocycles. The average molecular weight is 391 g/mol. The smallest absolute Gasteiger partial charge is 0.328 e. The van der Waals surface area contributed by atoms with Gasteiger partial charge in [-0.1, -0.05) is 18.2 Å². The number of imide groups is 1. The van der Waals surface area contributed by atoms with Crippen molar-refractivity contribution in [1.29, 1.82) is 0 Å². The largest absolute Gasteiger partial charge is 0.457 e. The summed E-state index contributed by atoms with van der Waals surface area (Å²) >= 11 is 0. The Morgan fingerprint density at radius 2 is 1.62 bits per heavy atom. The molecule has 2 unspecified atom stereocenters. The number of para-hydroxylation sites is 1. The van der Waals surface area contributed by atoms with Crippen LogP contribution < -0.4 is 9.64 Å². The first kappa shape index (κ1) is 17.5. The van der Waals surface area contributed by atoms with Gasteiger partial charge in [-0.3, -0.25) is 9.69 Å². The minimum atomic E-state index is -0.482. The maximum absolute atomic E-state index is 12.7. The number of hydrogen-bond acceptors (Lipinski definition) is 6. The third-order valence-corrected chi connectivity index (χ3v) is 5.63. The summed E-state index contributed by atoms with van der Waals surface area (Å²) in [7, 11) is 3.21. The summed E-state index contributed by atoms with van der Waals surface area (Å²) in [4.78, 5) is 36.5. The number of benzene rings is 2. The predicted octanol–water partition coefficient (Wildman–Crippen LogP) is 2.19. The predicted molar refractivity (Wildman–Crippen MR) is 108 cm³/mol. The summed E-state index contributed by atoms with van der Waals surface area (Å²) in [5, 5.41) is 0. The van der Waals surface area contributed by atoms with Gasteiger partial charge < -0.3 is 19.4 Å². The highest BCUT2D eigenvalue weighted by atomic mass is 16.5. The van der Waals surface area contributed by atoms with Gasteiger partial charge in [0.05, 0.1) is 0 Å². The first-order valence-corrected chi connectivity index (χ1v) is 9.54. The van der Waals surface area contributed by atoms with Crippen molar-refractivity contribution in [2.24, 2.45) is 4.99 Å². The van der Waals surface area contributed by atoms with Crippen LogP contribution in [0.4, 0.5) is 10.5 Å². The fourth-order valence-electron chi connectivity index (χ4n) is 4.08. The second-order valence-corrected chi connectivity index (χ2v) is 7.33. The first-order chi connectivity index (χ1) is 14.0. The number of anilines is 1. The number of urea groups is 1. The fourth-order valence-corrected chi connectivity index (χ4v) is 4.08. The molecule has 2 aromatic carbocycles. The number of ether oxygens (including phenoxy) is 1. The number of hydrogen-bond donors (Lipinski definition) is 0. The number of aliphatic imine (C=N–C) groups is 1. The Hall–Kier alpha value is -3.55. The highest BCUT2D eigenvalue weighted by Crippen LogP contribution is 2.33. The molecule has 3 heterocycles. The molecule has 5 rings (SSSR count). The zero-order valence-electron chi connectivity index (χ0n) is 16.2. The van der Waals surface area contributed by atoms with Crippen molar-refractivity contribution in [2.45, 2.75) is 12.2 Å². The van der Waals surface area contributed by atoms with E-state index in [1.54, 1.807) is 7.05 Å². The highest BCUT2D eigenvalue weighted by Gasteiger charge is 2.53. The van der Waals surface area contributed by atoms with Crippen LogP contribution in [0.2, 0.25) is 0 Å². The van der Waals surface area contributed by atoms with E-state index in [0.29, 0.717) is 6.54 Å². The lowest BCUT2D eigenvalue weighted by Crippen LogP contribution is -2.63. The van der Waals surface area contributed by atoms with Gasteiger partial charge in [-0.05, 0) is 36.4 Å². The number of carbonyl (C=O) groups is 2. The molecule has 3 aliphatic rings. The van der Waals surface area contributed by atoms with Gasteiger partial charge in [0.2, 0.25) is 5.96 Å². The Morgan fingerprint density at radius 1 is 0.931 bits per heavy atom. The summed E-state index contributed by atoms with van der Waals surface area (Å²) in [5.74, 6) is 2.07. The standard InChI is InChI=1S/C21H21N5O3/c1-23-18-17(19(27)24(2)21(23)28)26-13-12-25(20(26)22-18)14-8-10-16(11-9-14)29-15-6-4-3-5-7-15/h3-11,17-18H,12-13H2,1-2H3. The molecule has 0 radical (unpaired) electrons. The number of fused-ring (bicyclic) bond motifs is 3. The minimum absolute atomic E-state index is 0.203. The molecule has 2 atom stereocenters. The summed E-state index contributed by atoms with van der Waals surface area (Å²) < 4.78 is 5.86. The van der Waals surface area contributed by atoms with Crippen molar-refractivity contribution >= 4 is 23.6 Å². The lowest BCUT2D eigenvalue weighted by Gasteiger charge is -2.38. The number of amides is 3. The maximum atomic E-state index is 12.7. The van der Waals surface area contributed by atoms with Gasteiger partial charge in [-0.25, -0.2) is 9.79 Å². The minimum Gasteiger partial charge on any atom is -0.457 e. The monoisotopic (exact) mass is 391 g/mol. The second kappa shape index (κ2) is 6.51. The molecule has 0 saturated carbocycles. The van der Waals surface area contributed by atoms with Gasteiger partial charge >= 0.3 is 6.03 Å². The zero-order chi connectivity index (χ0) is 20.1. The van der Waals surface area contributed by atoms with Crippen molar-refractivity contribution in [3.63, 3.8) is 0 Å². The van der Waals surface area contributed by atoms with E-state index in [1.165, 1.54) is 16.8 Å².